The van der Waals surface area contributed by atoms with Crippen LogP contribution in [0, 0.1) is 17.1 Å². The van der Waals surface area contributed by atoms with Gasteiger partial charge in [-0.15, -0.1) is 0 Å². The van der Waals surface area contributed by atoms with Crippen molar-refractivity contribution in [1.82, 2.24) is 0 Å². The van der Waals surface area contributed by atoms with Gasteiger partial charge in [-0.3, -0.25) is 0 Å². The van der Waals surface area contributed by atoms with E-state index in [0.29, 0.717) is 12.2 Å². The Morgan fingerprint density at radius 2 is 2.00 bits per heavy atom. The van der Waals surface area contributed by atoms with Gasteiger partial charge in [-0.05, 0) is 35.9 Å². The Morgan fingerprint density at radius 1 is 1.15 bits per heavy atom. The first-order valence-corrected chi connectivity index (χ1v) is 6.08. The lowest BCUT2D eigenvalue weighted by Gasteiger charge is -2.07. The van der Waals surface area contributed by atoms with Gasteiger partial charge in [0.2, 0.25) is 6.79 Å². The Morgan fingerprint density at radius 3 is 2.80 bits per heavy atom. The zero-order valence-electron chi connectivity index (χ0n) is 10.5. The summed E-state index contributed by atoms with van der Waals surface area (Å²) in [5.74, 6) is 0.927. The highest BCUT2D eigenvalue weighted by molar-refractivity contribution is 5.50. The topological polar surface area (TPSA) is 54.3 Å². The number of nitriles is 1. The molecule has 0 saturated carbocycles. The minimum absolute atomic E-state index is 0.0404. The van der Waals surface area contributed by atoms with Crippen LogP contribution in [0.25, 0.3) is 0 Å². The van der Waals surface area contributed by atoms with Crippen LogP contribution in [0.1, 0.15) is 11.1 Å². The van der Waals surface area contributed by atoms with Crippen LogP contribution in [-0.2, 0) is 6.54 Å². The fourth-order valence-electron chi connectivity index (χ4n) is 1.97. The first kappa shape index (κ1) is 12.3. The van der Waals surface area contributed by atoms with Crippen LogP contribution in [0.3, 0.4) is 0 Å². The van der Waals surface area contributed by atoms with Gasteiger partial charge in [-0.2, -0.15) is 5.26 Å². The third-order valence-corrected chi connectivity index (χ3v) is 3.02. The average Bonchev–Trinajstić information content (AvgIpc) is 2.92. The van der Waals surface area contributed by atoms with Crippen molar-refractivity contribution in [3.8, 4) is 17.6 Å². The van der Waals surface area contributed by atoms with Crippen LogP contribution in [-0.4, -0.2) is 6.79 Å². The molecule has 100 valence electrons. The molecule has 5 heteroatoms. The normalized spacial score (nSPS) is 12.0. The molecule has 0 spiro atoms. The molecule has 2 aromatic rings. The highest BCUT2D eigenvalue weighted by atomic mass is 19.1. The van der Waals surface area contributed by atoms with E-state index in [2.05, 4.69) is 5.32 Å². The SMILES string of the molecule is N#Cc1ccc(NCc2ccc3c(c2)OCO3)cc1F. The summed E-state index contributed by atoms with van der Waals surface area (Å²) in [6.45, 7) is 0.773. The summed E-state index contributed by atoms with van der Waals surface area (Å²) in [4.78, 5) is 0. The number of rotatable bonds is 3. The molecule has 0 unspecified atom stereocenters. The molecule has 1 heterocycles. The van der Waals surface area contributed by atoms with Crippen molar-refractivity contribution in [3.63, 3.8) is 0 Å². The summed E-state index contributed by atoms with van der Waals surface area (Å²) >= 11 is 0. The molecule has 2 aromatic carbocycles. The zero-order valence-corrected chi connectivity index (χ0v) is 10.5. The Balaban J connectivity index is 1.70. The van der Waals surface area contributed by atoms with Crippen molar-refractivity contribution in [3.05, 3.63) is 53.3 Å². The molecule has 0 saturated heterocycles. The van der Waals surface area contributed by atoms with Crippen LogP contribution < -0.4 is 14.8 Å². The van der Waals surface area contributed by atoms with E-state index in [0.717, 1.165) is 17.1 Å². The number of hydrogen-bond acceptors (Lipinski definition) is 4. The van der Waals surface area contributed by atoms with Gasteiger partial charge in [-0.25, -0.2) is 4.39 Å². The summed E-state index contributed by atoms with van der Waals surface area (Å²) in [6, 6.07) is 11.9. The predicted molar refractivity (Wildman–Crippen MR) is 71.0 cm³/mol. The second kappa shape index (κ2) is 5.10. The van der Waals surface area contributed by atoms with Gasteiger partial charge in [0.25, 0.3) is 0 Å². The molecule has 20 heavy (non-hydrogen) atoms. The van der Waals surface area contributed by atoms with Gasteiger partial charge in [0.05, 0.1) is 5.56 Å². The van der Waals surface area contributed by atoms with Crippen LogP contribution in [0.2, 0.25) is 0 Å². The lowest BCUT2D eigenvalue weighted by atomic mass is 10.2. The molecule has 0 atom stereocenters. The van der Waals surface area contributed by atoms with Gasteiger partial charge in [0.1, 0.15) is 11.9 Å². The number of fused-ring (bicyclic) bond motifs is 1. The van der Waals surface area contributed by atoms with Gasteiger partial charge < -0.3 is 14.8 Å². The van der Waals surface area contributed by atoms with Crippen molar-refractivity contribution < 1.29 is 13.9 Å². The lowest BCUT2D eigenvalue weighted by molar-refractivity contribution is 0.174. The second-order valence-electron chi connectivity index (χ2n) is 4.35. The van der Waals surface area contributed by atoms with Gasteiger partial charge in [0.15, 0.2) is 11.5 Å². The Bertz CT molecular complexity index is 684. The first-order chi connectivity index (χ1) is 9.76. The lowest BCUT2D eigenvalue weighted by Crippen LogP contribution is -2.00. The average molecular weight is 270 g/mol. The van der Waals surface area contributed by atoms with Crippen LogP contribution in [0.4, 0.5) is 10.1 Å². The number of halogens is 1. The maximum atomic E-state index is 13.5. The fraction of sp³-hybridized carbons (Fsp3) is 0.133. The molecular formula is C15H11FN2O2. The van der Waals surface area contributed by atoms with E-state index in [4.69, 9.17) is 14.7 Å². The minimum atomic E-state index is -0.525. The zero-order chi connectivity index (χ0) is 13.9. The molecule has 1 N–H and O–H groups in total. The molecule has 3 rings (SSSR count). The Kier molecular flexibility index (Phi) is 3.13. The van der Waals surface area contributed by atoms with Gasteiger partial charge >= 0.3 is 0 Å². The summed E-state index contributed by atoms with van der Waals surface area (Å²) in [6.07, 6.45) is 0. The van der Waals surface area contributed by atoms with Crippen molar-refractivity contribution in [2.45, 2.75) is 6.54 Å². The number of nitrogens with zero attached hydrogens (tertiary/aromatic N) is 1. The van der Waals surface area contributed by atoms with E-state index in [9.17, 15) is 4.39 Å². The molecule has 0 amide bonds. The first-order valence-electron chi connectivity index (χ1n) is 6.08. The summed E-state index contributed by atoms with van der Waals surface area (Å²) in [5, 5.41) is 11.8. The monoisotopic (exact) mass is 270 g/mol. The van der Waals surface area contributed by atoms with E-state index in [1.165, 1.54) is 12.1 Å². The molecule has 0 aromatic heterocycles. The minimum Gasteiger partial charge on any atom is -0.454 e. The molecule has 4 nitrogen and oxygen atoms in total. The highest BCUT2D eigenvalue weighted by Gasteiger charge is 2.13. The molecule has 0 fully saturated rings. The Hall–Kier alpha value is -2.74. The van der Waals surface area contributed by atoms with Crippen molar-refractivity contribution in [2.24, 2.45) is 0 Å². The quantitative estimate of drug-likeness (QED) is 0.931. The standard InChI is InChI=1S/C15H11FN2O2/c16-13-6-12(3-2-11(13)7-17)18-8-10-1-4-14-15(5-10)20-9-19-14/h1-6,18H,8-9H2. The summed E-state index contributed by atoms with van der Waals surface area (Å²) in [5.41, 5.74) is 1.66. The van der Waals surface area contributed by atoms with Crippen molar-refractivity contribution in [1.29, 1.82) is 5.26 Å². The van der Waals surface area contributed by atoms with E-state index in [1.807, 2.05) is 18.2 Å². The second-order valence-corrected chi connectivity index (χ2v) is 4.35. The third kappa shape index (κ3) is 2.36. The maximum Gasteiger partial charge on any atom is 0.231 e. The number of nitrogens with one attached hydrogen (secondary N) is 1. The fourth-order valence-corrected chi connectivity index (χ4v) is 1.97. The molecule has 0 bridgehead atoms. The summed E-state index contributed by atoms with van der Waals surface area (Å²) < 4.78 is 24.0. The van der Waals surface area contributed by atoms with Crippen LogP contribution in [0.5, 0.6) is 11.5 Å². The maximum absolute atomic E-state index is 13.5. The van der Waals surface area contributed by atoms with E-state index >= 15 is 0 Å². The molecule has 0 aliphatic carbocycles. The molecular weight excluding hydrogens is 259 g/mol. The van der Waals surface area contributed by atoms with Crippen molar-refractivity contribution >= 4 is 5.69 Å². The largest absolute Gasteiger partial charge is 0.454 e. The summed E-state index contributed by atoms with van der Waals surface area (Å²) in [7, 11) is 0. The third-order valence-electron chi connectivity index (χ3n) is 3.02. The van der Waals surface area contributed by atoms with E-state index < -0.39 is 5.82 Å². The number of hydrogen-bond donors (Lipinski definition) is 1. The number of ether oxygens (including phenoxy) is 2. The predicted octanol–water partition coefficient (Wildman–Crippen LogP) is 3.04. The van der Waals surface area contributed by atoms with Gasteiger partial charge in [0, 0.05) is 12.2 Å². The van der Waals surface area contributed by atoms with E-state index in [-0.39, 0.29) is 12.4 Å². The Labute approximate surface area is 115 Å². The molecule has 0 radical (unpaired) electrons. The smallest absolute Gasteiger partial charge is 0.231 e. The highest BCUT2D eigenvalue weighted by Crippen LogP contribution is 2.32. The van der Waals surface area contributed by atoms with Gasteiger partial charge in [-0.1, -0.05) is 6.07 Å². The molecule has 1 aliphatic heterocycles. The molecule has 1 aliphatic rings. The van der Waals surface area contributed by atoms with Crippen LogP contribution >= 0.6 is 0 Å². The van der Waals surface area contributed by atoms with E-state index in [1.54, 1.807) is 12.1 Å². The number of benzene rings is 2. The van der Waals surface area contributed by atoms with Crippen molar-refractivity contribution in [2.75, 3.05) is 12.1 Å². The van der Waals surface area contributed by atoms with Crippen LogP contribution in [0.15, 0.2) is 36.4 Å². The number of anilines is 1.